The monoisotopic (exact) mass is 535 g/mol. The third kappa shape index (κ3) is 14.0. The highest BCUT2D eigenvalue weighted by Gasteiger charge is 2.13. The van der Waals surface area contributed by atoms with Crippen LogP contribution in [0.25, 0.3) is 12.3 Å². The maximum absolute atomic E-state index is 12.4. The van der Waals surface area contributed by atoms with Gasteiger partial charge in [0.2, 0.25) is 0 Å². The second-order valence-corrected chi connectivity index (χ2v) is 8.86. The van der Waals surface area contributed by atoms with Crippen molar-refractivity contribution < 1.29 is 23.8 Å². The number of aliphatic hydroxyl groups excluding tert-OH is 1. The Bertz CT molecular complexity index is 1100. The summed E-state index contributed by atoms with van der Waals surface area (Å²) in [5, 5.41) is 9.90. The highest BCUT2D eigenvalue weighted by Crippen LogP contribution is 2.27. The summed E-state index contributed by atoms with van der Waals surface area (Å²) >= 11 is 5.44. The van der Waals surface area contributed by atoms with E-state index in [1.807, 2.05) is 39.8 Å². The fraction of sp³-hybridized carbons (Fsp3) is 0.467. The van der Waals surface area contributed by atoms with E-state index in [1.54, 1.807) is 18.3 Å². The molecule has 0 unspecified atom stereocenters. The van der Waals surface area contributed by atoms with Crippen LogP contribution in [-0.4, -0.2) is 36.4 Å². The van der Waals surface area contributed by atoms with Crippen LogP contribution >= 0.6 is 11.6 Å². The summed E-state index contributed by atoms with van der Waals surface area (Å²) in [7, 11) is 0. The Morgan fingerprint density at radius 2 is 1.73 bits per heavy atom. The molecule has 0 aliphatic rings. The van der Waals surface area contributed by atoms with Crippen LogP contribution in [-0.2, 0) is 4.79 Å². The van der Waals surface area contributed by atoms with Gasteiger partial charge in [0.1, 0.15) is 12.4 Å². The topological polar surface area (TPSA) is 68.1 Å². The van der Waals surface area contributed by atoms with E-state index < -0.39 is 0 Å². The van der Waals surface area contributed by atoms with Gasteiger partial charge in [-0.25, -0.2) is 4.39 Å². The molecule has 0 radical (unpaired) electrons. The van der Waals surface area contributed by atoms with Crippen molar-refractivity contribution in [2.45, 2.75) is 80.3 Å². The first-order chi connectivity index (χ1) is 17.5. The molecule has 1 N–H and O–H groups in total. The number of nitrogens with zero attached hydrogens (tertiary/aromatic N) is 1. The first kappa shape index (κ1) is 34.3. The van der Waals surface area contributed by atoms with Gasteiger partial charge in [0.05, 0.1) is 17.7 Å². The average Bonchev–Trinajstić information content (AvgIpc) is 2.84. The fourth-order valence-corrected chi connectivity index (χ4v) is 3.48. The predicted octanol–water partition coefficient (Wildman–Crippen LogP) is 6.42. The summed E-state index contributed by atoms with van der Waals surface area (Å²) in [6.45, 7) is 17.9. The molecule has 0 heterocycles. The molecule has 2 aromatic carbocycles. The van der Waals surface area contributed by atoms with Crippen LogP contribution in [0.3, 0.4) is 0 Å². The number of rotatable bonds is 10. The minimum atomic E-state index is -0.359. The number of hydrogen-bond acceptors (Lipinski definition) is 5. The van der Waals surface area contributed by atoms with Gasteiger partial charge in [0, 0.05) is 17.1 Å². The molecule has 0 fully saturated rings. The molecule has 0 saturated carbocycles. The van der Waals surface area contributed by atoms with E-state index in [0.29, 0.717) is 6.61 Å². The van der Waals surface area contributed by atoms with Crippen molar-refractivity contribution in [3.63, 3.8) is 0 Å². The van der Waals surface area contributed by atoms with Crippen LogP contribution < -0.4 is 19.9 Å². The summed E-state index contributed by atoms with van der Waals surface area (Å²) < 4.78 is 24.4. The molecule has 2 rings (SSSR count). The van der Waals surface area contributed by atoms with Crippen molar-refractivity contribution in [1.29, 1.82) is 0 Å². The van der Waals surface area contributed by atoms with Crippen molar-refractivity contribution in [2.24, 2.45) is 4.99 Å². The predicted molar refractivity (Wildman–Crippen MR) is 154 cm³/mol. The van der Waals surface area contributed by atoms with Gasteiger partial charge in [0.15, 0.2) is 17.3 Å². The molecular weight excluding hydrogens is 493 g/mol. The number of halogens is 2. The zero-order chi connectivity index (χ0) is 28.4. The highest BCUT2D eigenvalue weighted by atomic mass is 35.5. The third-order valence-corrected chi connectivity index (χ3v) is 5.28. The summed E-state index contributed by atoms with van der Waals surface area (Å²) in [4.78, 5) is 13.9. The maximum atomic E-state index is 12.4. The zero-order valence-electron chi connectivity index (χ0n) is 23.4. The molecule has 0 aliphatic heterocycles. The summed E-state index contributed by atoms with van der Waals surface area (Å²) in [5.74, 6) is 1.02. The van der Waals surface area contributed by atoms with Crippen molar-refractivity contribution >= 4 is 35.9 Å². The van der Waals surface area contributed by atoms with E-state index >= 15 is 0 Å². The molecule has 0 saturated heterocycles. The molecule has 7 heteroatoms. The number of carbonyl (C=O) groups is 1. The molecule has 206 valence electrons. The van der Waals surface area contributed by atoms with Gasteiger partial charge in [-0.05, 0) is 82.5 Å². The Labute approximate surface area is 226 Å². The number of ketones is 1. The van der Waals surface area contributed by atoms with Crippen molar-refractivity contribution in [1.82, 2.24) is 0 Å². The number of aliphatic hydroxyl groups is 1. The smallest absolute Gasteiger partial charge is 0.162 e. The number of aliphatic imine (C=N–C) groups is 1. The Morgan fingerprint density at radius 3 is 2.16 bits per heavy atom. The Balaban J connectivity index is 0.000000752. The highest BCUT2D eigenvalue weighted by molar-refractivity contribution is 6.30. The Hall–Kier alpha value is -2.70. The maximum Gasteiger partial charge on any atom is 0.162 e. The lowest BCUT2D eigenvalue weighted by atomic mass is 10.1. The standard InChI is InChI=1S/C20H31NO2.C7H6ClF.C3H6O2/c1-7-11-17(12-8-2)23-20-14-18(16(6)21-9-3)15(5)13-19(20)22-10-4;1-5-2-3-7(9)6(8)4-5;1-3(5)2-4/h9,13-14,17H,5,7-8,10-12H2,1-4,6H3;2-4H,1H3;4H,2H2,1H3/b18-16-,21-9?;;. The molecule has 2 aromatic rings. The Kier molecular flexibility index (Phi) is 18.0. The molecular formula is C30H43ClFNO4. The van der Waals surface area contributed by atoms with E-state index in [-0.39, 0.29) is 29.3 Å². The van der Waals surface area contributed by atoms with Crippen molar-refractivity contribution in [3.8, 4) is 11.5 Å². The zero-order valence-corrected chi connectivity index (χ0v) is 24.1. The van der Waals surface area contributed by atoms with Crippen LogP contribution in [0, 0.1) is 12.7 Å². The molecule has 0 atom stereocenters. The number of ether oxygens (including phenoxy) is 2. The van der Waals surface area contributed by atoms with E-state index in [1.165, 1.54) is 13.0 Å². The van der Waals surface area contributed by atoms with Crippen LogP contribution in [0.4, 0.5) is 4.39 Å². The minimum Gasteiger partial charge on any atom is -0.490 e. The van der Waals surface area contributed by atoms with Gasteiger partial charge in [-0.1, -0.05) is 50.9 Å². The third-order valence-electron chi connectivity index (χ3n) is 4.99. The second-order valence-electron chi connectivity index (χ2n) is 8.46. The van der Waals surface area contributed by atoms with Gasteiger partial charge >= 0.3 is 0 Å². The van der Waals surface area contributed by atoms with Crippen molar-refractivity contribution in [3.05, 3.63) is 57.2 Å². The fourth-order valence-electron chi connectivity index (χ4n) is 3.25. The van der Waals surface area contributed by atoms with Gasteiger partial charge in [-0.2, -0.15) is 0 Å². The summed E-state index contributed by atoms with van der Waals surface area (Å²) in [6, 6.07) is 8.61. The second kappa shape index (κ2) is 19.4. The van der Waals surface area contributed by atoms with E-state index in [9.17, 15) is 9.18 Å². The first-order valence-corrected chi connectivity index (χ1v) is 13.1. The number of carbonyl (C=O) groups excluding carboxylic acids is 1. The SMILES string of the molecule is C=c1cc(OCC)c(OC(CCC)CCC)c/c1=C(\C)N=CC.CC(=O)CO.Cc1ccc(F)c(Cl)c1. The van der Waals surface area contributed by atoms with Crippen LogP contribution in [0.15, 0.2) is 35.3 Å². The average molecular weight is 536 g/mol. The van der Waals surface area contributed by atoms with E-state index in [0.717, 1.165) is 58.9 Å². The Morgan fingerprint density at radius 1 is 1.14 bits per heavy atom. The lowest BCUT2D eigenvalue weighted by Gasteiger charge is -2.20. The van der Waals surface area contributed by atoms with E-state index in [2.05, 4.69) is 25.4 Å². The first-order valence-electron chi connectivity index (χ1n) is 12.7. The minimum absolute atomic E-state index is 0.190. The molecule has 37 heavy (non-hydrogen) atoms. The van der Waals surface area contributed by atoms with Gasteiger partial charge < -0.3 is 14.6 Å². The van der Waals surface area contributed by atoms with Gasteiger partial charge in [0.25, 0.3) is 0 Å². The normalized spacial score (nSPS) is 11.3. The molecule has 0 spiro atoms. The van der Waals surface area contributed by atoms with Gasteiger partial charge in [-0.15, -0.1) is 0 Å². The van der Waals surface area contributed by atoms with Crippen LogP contribution in [0.1, 0.15) is 72.8 Å². The lowest BCUT2D eigenvalue weighted by molar-refractivity contribution is -0.119. The summed E-state index contributed by atoms with van der Waals surface area (Å²) in [6.07, 6.45) is 6.35. The molecule has 0 bridgehead atoms. The number of benzene rings is 2. The van der Waals surface area contributed by atoms with Crippen molar-refractivity contribution in [2.75, 3.05) is 13.2 Å². The van der Waals surface area contributed by atoms with Crippen LogP contribution in [0.5, 0.6) is 11.5 Å². The lowest BCUT2D eigenvalue weighted by Crippen LogP contribution is -2.27. The number of hydrogen-bond donors (Lipinski definition) is 1. The van der Waals surface area contributed by atoms with Gasteiger partial charge in [-0.3, -0.25) is 9.79 Å². The number of Topliss-reactive ketones (excluding diaryl/α,β-unsaturated/α-hetero) is 1. The molecule has 0 aromatic heterocycles. The quantitative estimate of drug-likeness (QED) is 0.356. The number of aryl methyl sites for hydroxylation is 1. The molecule has 0 aliphatic carbocycles. The molecule has 0 amide bonds. The summed E-state index contributed by atoms with van der Waals surface area (Å²) in [5.41, 5.74) is 1.91. The largest absolute Gasteiger partial charge is 0.490 e. The van der Waals surface area contributed by atoms with Crippen LogP contribution in [0.2, 0.25) is 5.02 Å². The molecule has 5 nitrogen and oxygen atoms in total. The van der Waals surface area contributed by atoms with E-state index in [4.69, 9.17) is 26.2 Å².